The van der Waals surface area contributed by atoms with Crippen molar-refractivity contribution < 1.29 is 14.3 Å². The molecule has 1 amide bonds. The minimum Gasteiger partial charge on any atom is -0.388 e. The SMILES string of the molecule is CCC(C)C(C)(O)CNC(=O)c1ccc(=O)n(-c2ccccc2F)n1. The van der Waals surface area contributed by atoms with Crippen LogP contribution in [0.15, 0.2) is 41.2 Å². The molecule has 2 rings (SSSR count). The van der Waals surface area contributed by atoms with Gasteiger partial charge >= 0.3 is 0 Å². The Morgan fingerprint density at radius 1 is 1.36 bits per heavy atom. The molecular formula is C18H22FN3O3. The summed E-state index contributed by atoms with van der Waals surface area (Å²) in [6.07, 6.45) is 0.763. The summed E-state index contributed by atoms with van der Waals surface area (Å²) in [4.78, 5) is 24.2. The van der Waals surface area contributed by atoms with Crippen LogP contribution in [0.2, 0.25) is 0 Å². The van der Waals surface area contributed by atoms with Crippen molar-refractivity contribution in [3.63, 3.8) is 0 Å². The molecule has 1 heterocycles. The molecule has 25 heavy (non-hydrogen) atoms. The van der Waals surface area contributed by atoms with Crippen molar-refractivity contribution in [1.82, 2.24) is 15.1 Å². The van der Waals surface area contributed by atoms with E-state index in [-0.39, 0.29) is 23.8 Å². The van der Waals surface area contributed by atoms with Gasteiger partial charge in [-0.1, -0.05) is 32.4 Å². The second-order valence-electron chi connectivity index (χ2n) is 6.27. The number of aromatic nitrogens is 2. The summed E-state index contributed by atoms with van der Waals surface area (Å²) in [5, 5.41) is 16.9. The topological polar surface area (TPSA) is 84.2 Å². The molecule has 2 unspecified atom stereocenters. The number of amides is 1. The Morgan fingerprint density at radius 3 is 2.68 bits per heavy atom. The Balaban J connectivity index is 2.24. The predicted octanol–water partition coefficient (Wildman–Crippen LogP) is 1.90. The molecule has 0 aliphatic carbocycles. The number of nitrogens with one attached hydrogen (secondary N) is 1. The van der Waals surface area contributed by atoms with Crippen molar-refractivity contribution in [1.29, 1.82) is 0 Å². The number of nitrogens with zero attached hydrogens (tertiary/aromatic N) is 2. The lowest BCUT2D eigenvalue weighted by molar-refractivity contribution is 0.00586. The second-order valence-corrected chi connectivity index (χ2v) is 6.27. The smallest absolute Gasteiger partial charge is 0.271 e. The first kappa shape index (κ1) is 18.8. The van der Waals surface area contributed by atoms with Crippen molar-refractivity contribution in [2.45, 2.75) is 32.8 Å². The first-order valence-corrected chi connectivity index (χ1v) is 8.12. The Hall–Kier alpha value is -2.54. The summed E-state index contributed by atoms with van der Waals surface area (Å²) in [6, 6.07) is 8.10. The highest BCUT2D eigenvalue weighted by Gasteiger charge is 2.27. The van der Waals surface area contributed by atoms with Gasteiger partial charge < -0.3 is 10.4 Å². The third kappa shape index (κ3) is 4.30. The molecule has 2 N–H and O–H groups in total. The number of carbonyl (C=O) groups excluding carboxylic acids is 1. The van der Waals surface area contributed by atoms with Gasteiger partial charge in [-0.3, -0.25) is 9.59 Å². The molecule has 0 bridgehead atoms. The molecule has 2 aromatic rings. The van der Waals surface area contributed by atoms with Crippen molar-refractivity contribution in [3.8, 4) is 5.69 Å². The van der Waals surface area contributed by atoms with Crippen molar-refractivity contribution in [2.24, 2.45) is 5.92 Å². The molecule has 0 spiro atoms. The van der Waals surface area contributed by atoms with Gasteiger partial charge in [0, 0.05) is 12.6 Å². The Kier molecular flexibility index (Phi) is 5.69. The van der Waals surface area contributed by atoms with Crippen LogP contribution >= 0.6 is 0 Å². The van der Waals surface area contributed by atoms with E-state index < -0.39 is 22.9 Å². The number of hydrogen-bond acceptors (Lipinski definition) is 4. The van der Waals surface area contributed by atoms with E-state index in [0.29, 0.717) is 0 Å². The van der Waals surface area contributed by atoms with E-state index in [1.807, 2.05) is 13.8 Å². The van der Waals surface area contributed by atoms with E-state index in [2.05, 4.69) is 10.4 Å². The zero-order valence-electron chi connectivity index (χ0n) is 14.5. The zero-order valence-corrected chi connectivity index (χ0v) is 14.5. The number of carbonyl (C=O) groups is 1. The summed E-state index contributed by atoms with van der Waals surface area (Å²) >= 11 is 0. The maximum atomic E-state index is 13.9. The molecule has 0 saturated heterocycles. The second kappa shape index (κ2) is 7.57. The van der Waals surface area contributed by atoms with E-state index in [1.165, 1.54) is 24.3 Å². The summed E-state index contributed by atoms with van der Waals surface area (Å²) in [7, 11) is 0. The number of para-hydroxylation sites is 1. The van der Waals surface area contributed by atoms with Gasteiger partial charge in [0.25, 0.3) is 11.5 Å². The van der Waals surface area contributed by atoms with Crippen LogP contribution in [0.3, 0.4) is 0 Å². The minimum absolute atomic E-state index is 0.00636. The highest BCUT2D eigenvalue weighted by atomic mass is 19.1. The molecule has 0 radical (unpaired) electrons. The van der Waals surface area contributed by atoms with Gasteiger partial charge in [0.15, 0.2) is 0 Å². The molecule has 134 valence electrons. The molecule has 0 saturated carbocycles. The fourth-order valence-electron chi connectivity index (χ4n) is 2.29. The zero-order chi connectivity index (χ0) is 18.6. The number of hydrogen-bond donors (Lipinski definition) is 2. The average molecular weight is 347 g/mol. The predicted molar refractivity (Wildman–Crippen MR) is 92.2 cm³/mol. The van der Waals surface area contributed by atoms with E-state index in [0.717, 1.165) is 17.2 Å². The van der Waals surface area contributed by atoms with Gasteiger partial charge in [-0.05, 0) is 31.0 Å². The molecular weight excluding hydrogens is 325 g/mol. The first-order valence-electron chi connectivity index (χ1n) is 8.12. The molecule has 0 aliphatic heterocycles. The van der Waals surface area contributed by atoms with Crippen LogP contribution < -0.4 is 10.9 Å². The van der Waals surface area contributed by atoms with Crippen molar-refractivity contribution >= 4 is 5.91 Å². The summed E-state index contributed by atoms with van der Waals surface area (Å²) in [5.74, 6) is -1.17. The molecule has 1 aromatic carbocycles. The van der Waals surface area contributed by atoms with Crippen LogP contribution in [-0.2, 0) is 0 Å². The lowest BCUT2D eigenvalue weighted by Gasteiger charge is -2.29. The highest BCUT2D eigenvalue weighted by Crippen LogP contribution is 2.19. The van der Waals surface area contributed by atoms with Gasteiger partial charge in [0.2, 0.25) is 0 Å². The molecule has 6 nitrogen and oxygen atoms in total. The monoisotopic (exact) mass is 347 g/mol. The molecule has 7 heteroatoms. The van der Waals surface area contributed by atoms with E-state index in [4.69, 9.17) is 0 Å². The van der Waals surface area contributed by atoms with Gasteiger partial charge in [0.05, 0.1) is 5.60 Å². The number of aliphatic hydroxyl groups is 1. The Labute approximate surface area is 145 Å². The molecule has 0 aliphatic rings. The first-order chi connectivity index (χ1) is 11.8. The van der Waals surface area contributed by atoms with Crippen LogP contribution in [-0.4, -0.2) is 32.9 Å². The van der Waals surface area contributed by atoms with Crippen molar-refractivity contribution in [2.75, 3.05) is 6.54 Å². The van der Waals surface area contributed by atoms with Crippen LogP contribution in [0.4, 0.5) is 4.39 Å². The fraction of sp³-hybridized carbons (Fsp3) is 0.389. The summed E-state index contributed by atoms with van der Waals surface area (Å²) in [5.41, 5.74) is -1.69. The van der Waals surface area contributed by atoms with Gasteiger partial charge in [-0.2, -0.15) is 9.78 Å². The average Bonchev–Trinajstić information content (AvgIpc) is 2.60. The summed E-state index contributed by atoms with van der Waals surface area (Å²) in [6.45, 7) is 5.53. The molecule has 2 atom stereocenters. The largest absolute Gasteiger partial charge is 0.388 e. The minimum atomic E-state index is -1.07. The maximum Gasteiger partial charge on any atom is 0.271 e. The summed E-state index contributed by atoms with van der Waals surface area (Å²) < 4.78 is 14.7. The van der Waals surface area contributed by atoms with Crippen molar-refractivity contribution in [3.05, 3.63) is 58.3 Å². The van der Waals surface area contributed by atoms with E-state index >= 15 is 0 Å². The quantitative estimate of drug-likeness (QED) is 0.836. The normalized spacial score (nSPS) is 14.6. The van der Waals surface area contributed by atoms with E-state index in [9.17, 15) is 19.1 Å². The van der Waals surface area contributed by atoms with Crippen LogP contribution in [0.1, 0.15) is 37.7 Å². The van der Waals surface area contributed by atoms with Crippen LogP contribution in [0.25, 0.3) is 5.69 Å². The third-order valence-electron chi connectivity index (χ3n) is 4.39. The Morgan fingerprint density at radius 2 is 2.04 bits per heavy atom. The lowest BCUT2D eigenvalue weighted by Crippen LogP contribution is -2.45. The Bertz CT molecular complexity index is 817. The third-order valence-corrected chi connectivity index (χ3v) is 4.39. The van der Waals surface area contributed by atoms with Crippen LogP contribution in [0.5, 0.6) is 0 Å². The maximum absolute atomic E-state index is 13.9. The van der Waals surface area contributed by atoms with Crippen LogP contribution in [0, 0.1) is 11.7 Å². The van der Waals surface area contributed by atoms with Gasteiger partial charge in [0.1, 0.15) is 17.2 Å². The molecule has 1 aromatic heterocycles. The molecule has 0 fully saturated rings. The number of rotatable bonds is 6. The highest BCUT2D eigenvalue weighted by molar-refractivity contribution is 5.92. The van der Waals surface area contributed by atoms with E-state index in [1.54, 1.807) is 13.0 Å². The number of halogens is 1. The standard InChI is InChI=1S/C18H22FN3O3/c1-4-12(2)18(3,25)11-20-17(24)14-9-10-16(23)22(21-14)15-8-6-5-7-13(15)19/h5-10,12,25H,4,11H2,1-3H3,(H,20,24). The lowest BCUT2D eigenvalue weighted by atomic mass is 9.88. The number of benzene rings is 1. The van der Waals surface area contributed by atoms with Gasteiger partial charge in [-0.15, -0.1) is 0 Å². The fourth-order valence-corrected chi connectivity index (χ4v) is 2.29. The van der Waals surface area contributed by atoms with Gasteiger partial charge in [-0.25, -0.2) is 4.39 Å².